The van der Waals surface area contributed by atoms with E-state index < -0.39 is 5.97 Å². The predicted octanol–water partition coefficient (Wildman–Crippen LogP) is 2.65. The van der Waals surface area contributed by atoms with Crippen molar-refractivity contribution in [2.45, 2.75) is 18.2 Å². The monoisotopic (exact) mass is 329 g/mol. The van der Waals surface area contributed by atoms with E-state index in [1.165, 1.54) is 23.1 Å². The van der Waals surface area contributed by atoms with Crippen LogP contribution in [0.15, 0.2) is 9.72 Å². The third-order valence-electron chi connectivity index (χ3n) is 2.16. The maximum Gasteiger partial charge on any atom is 0.347 e. The molecule has 2 N–H and O–H groups in total. The molecule has 0 atom stereocenters. The maximum atomic E-state index is 11.7. The van der Waals surface area contributed by atoms with Gasteiger partial charge in [0, 0.05) is 5.38 Å². The Morgan fingerprint density at radius 1 is 1.40 bits per heavy atom. The van der Waals surface area contributed by atoms with Gasteiger partial charge in [0.25, 0.3) is 0 Å². The van der Waals surface area contributed by atoms with Crippen molar-refractivity contribution >= 4 is 51.4 Å². The first-order valence-electron chi connectivity index (χ1n) is 5.51. The van der Waals surface area contributed by atoms with Crippen molar-refractivity contribution in [3.8, 4) is 0 Å². The van der Waals surface area contributed by atoms with Crippen molar-refractivity contribution in [3.63, 3.8) is 0 Å². The quantitative estimate of drug-likeness (QED) is 0.819. The average molecular weight is 329 g/mol. The van der Waals surface area contributed by atoms with Gasteiger partial charge in [0.05, 0.1) is 17.1 Å². The zero-order chi connectivity index (χ0) is 14.7. The molecule has 2 heterocycles. The van der Waals surface area contributed by atoms with E-state index in [0.717, 1.165) is 17.0 Å². The Labute approximate surface area is 127 Å². The van der Waals surface area contributed by atoms with E-state index in [1.807, 2.05) is 12.3 Å². The Morgan fingerprint density at radius 2 is 2.15 bits per heavy atom. The highest BCUT2D eigenvalue weighted by Gasteiger charge is 2.15. The molecule has 0 fully saturated rings. The summed E-state index contributed by atoms with van der Waals surface area (Å²) in [6.45, 7) is 3.50. The van der Waals surface area contributed by atoms with Gasteiger partial charge < -0.3 is 10.4 Å². The molecular weight excluding hydrogens is 318 g/mol. The second-order valence-corrected chi connectivity index (χ2v) is 6.91. The van der Waals surface area contributed by atoms with Crippen LogP contribution in [0.1, 0.15) is 21.1 Å². The molecule has 20 heavy (non-hydrogen) atoms. The molecule has 0 bridgehead atoms. The molecule has 0 spiro atoms. The lowest BCUT2D eigenvalue weighted by Gasteiger charge is -1.99. The van der Waals surface area contributed by atoms with E-state index in [2.05, 4.69) is 15.3 Å². The van der Waals surface area contributed by atoms with Gasteiger partial charge in [-0.25, -0.2) is 14.8 Å². The Bertz CT molecular complexity index is 650. The highest BCUT2D eigenvalue weighted by atomic mass is 32.2. The van der Waals surface area contributed by atoms with E-state index in [4.69, 9.17) is 5.11 Å². The number of rotatable bonds is 5. The fraction of sp³-hybridized carbons (Fsp3) is 0.273. The van der Waals surface area contributed by atoms with E-state index >= 15 is 0 Å². The van der Waals surface area contributed by atoms with E-state index in [0.29, 0.717) is 15.2 Å². The standard InChI is InChI=1S/C11H11N3O3S3/c1-5-3-18-10(12-5)14-7(15)4-19-11-13-6(2)8(20-11)9(16)17/h3H,4H2,1-2H3,(H,16,17)(H,12,14,15). The molecule has 0 radical (unpaired) electrons. The fourth-order valence-electron chi connectivity index (χ4n) is 1.33. The number of carbonyl (C=O) groups is 2. The summed E-state index contributed by atoms with van der Waals surface area (Å²) in [6.07, 6.45) is 0. The molecule has 2 aromatic heterocycles. The molecule has 0 saturated carbocycles. The SMILES string of the molecule is Cc1csc(NC(=O)CSc2nc(C)c(C(=O)O)s2)n1. The number of amides is 1. The third-order valence-corrected chi connectivity index (χ3v) is 5.33. The van der Waals surface area contributed by atoms with Gasteiger partial charge in [-0.1, -0.05) is 11.8 Å². The third kappa shape index (κ3) is 3.78. The van der Waals surface area contributed by atoms with Gasteiger partial charge >= 0.3 is 5.97 Å². The number of carboxylic acid groups (broad SMARTS) is 1. The topological polar surface area (TPSA) is 92.2 Å². The number of anilines is 1. The minimum absolute atomic E-state index is 0.171. The summed E-state index contributed by atoms with van der Waals surface area (Å²) in [5.41, 5.74) is 1.33. The average Bonchev–Trinajstić information content (AvgIpc) is 2.93. The van der Waals surface area contributed by atoms with Crippen molar-refractivity contribution in [1.82, 2.24) is 9.97 Å². The second-order valence-electron chi connectivity index (χ2n) is 3.83. The molecule has 0 unspecified atom stereocenters. The van der Waals surface area contributed by atoms with Gasteiger partial charge in [0.15, 0.2) is 9.47 Å². The van der Waals surface area contributed by atoms with Crippen LogP contribution in [0.3, 0.4) is 0 Å². The lowest BCUT2D eigenvalue weighted by Crippen LogP contribution is -2.13. The van der Waals surface area contributed by atoms with Crippen LogP contribution in [0.2, 0.25) is 0 Å². The molecule has 9 heteroatoms. The Kier molecular flexibility index (Phi) is 4.73. The molecule has 0 aliphatic carbocycles. The normalized spacial score (nSPS) is 10.5. The van der Waals surface area contributed by atoms with Crippen molar-refractivity contribution < 1.29 is 14.7 Å². The highest BCUT2D eigenvalue weighted by molar-refractivity contribution is 8.01. The summed E-state index contributed by atoms with van der Waals surface area (Å²) in [5.74, 6) is -1.01. The second kappa shape index (κ2) is 6.33. The van der Waals surface area contributed by atoms with E-state index in [-0.39, 0.29) is 16.5 Å². The van der Waals surface area contributed by atoms with Crippen molar-refractivity contribution in [2.75, 3.05) is 11.1 Å². The van der Waals surface area contributed by atoms with Crippen LogP contribution in [0.4, 0.5) is 5.13 Å². The Balaban J connectivity index is 1.90. The first kappa shape index (κ1) is 14.9. The summed E-state index contributed by atoms with van der Waals surface area (Å²) in [4.78, 5) is 31.1. The van der Waals surface area contributed by atoms with Gasteiger partial charge in [0.1, 0.15) is 4.88 Å². The number of nitrogens with zero attached hydrogens (tertiary/aromatic N) is 2. The number of aromatic carboxylic acids is 1. The van der Waals surface area contributed by atoms with Crippen LogP contribution in [-0.2, 0) is 4.79 Å². The van der Waals surface area contributed by atoms with Crippen molar-refractivity contribution in [1.29, 1.82) is 0 Å². The predicted molar refractivity (Wildman–Crippen MR) is 80.0 cm³/mol. The number of thiazole rings is 2. The zero-order valence-electron chi connectivity index (χ0n) is 10.7. The molecule has 1 amide bonds. The molecule has 2 rings (SSSR count). The van der Waals surface area contributed by atoms with Crippen LogP contribution in [-0.4, -0.2) is 32.7 Å². The van der Waals surface area contributed by atoms with Crippen molar-refractivity contribution in [2.24, 2.45) is 0 Å². The highest BCUT2D eigenvalue weighted by Crippen LogP contribution is 2.27. The number of hydrogen-bond acceptors (Lipinski definition) is 7. The molecule has 0 aliphatic heterocycles. The summed E-state index contributed by atoms with van der Waals surface area (Å²) < 4.78 is 0.574. The summed E-state index contributed by atoms with van der Waals surface area (Å²) in [5, 5.41) is 14.0. The molecule has 0 aromatic carbocycles. The molecule has 2 aromatic rings. The molecule has 106 valence electrons. The maximum absolute atomic E-state index is 11.7. The minimum atomic E-state index is -0.991. The zero-order valence-corrected chi connectivity index (χ0v) is 13.1. The Hall–Kier alpha value is -1.45. The summed E-state index contributed by atoms with van der Waals surface area (Å²) in [7, 11) is 0. The van der Waals surface area contributed by atoms with Crippen LogP contribution < -0.4 is 5.32 Å². The van der Waals surface area contributed by atoms with Crippen molar-refractivity contribution in [3.05, 3.63) is 21.6 Å². The summed E-state index contributed by atoms with van der Waals surface area (Å²) >= 11 is 3.66. The molecule has 0 saturated heterocycles. The lowest BCUT2D eigenvalue weighted by atomic mass is 10.4. The number of thioether (sulfide) groups is 1. The number of aromatic nitrogens is 2. The number of hydrogen-bond donors (Lipinski definition) is 2. The molecule has 0 aliphatic rings. The van der Waals surface area contributed by atoms with Crippen LogP contribution in [0.25, 0.3) is 0 Å². The smallest absolute Gasteiger partial charge is 0.347 e. The number of carboxylic acids is 1. The lowest BCUT2D eigenvalue weighted by molar-refractivity contribution is -0.113. The van der Waals surface area contributed by atoms with Crippen LogP contribution in [0, 0.1) is 13.8 Å². The number of carbonyl (C=O) groups excluding carboxylic acids is 1. The van der Waals surface area contributed by atoms with E-state index in [9.17, 15) is 9.59 Å². The minimum Gasteiger partial charge on any atom is -0.477 e. The largest absolute Gasteiger partial charge is 0.477 e. The van der Waals surface area contributed by atoms with Gasteiger partial charge in [0.2, 0.25) is 5.91 Å². The first-order valence-corrected chi connectivity index (χ1v) is 8.19. The Morgan fingerprint density at radius 3 is 2.70 bits per heavy atom. The molecular formula is C11H11N3O3S3. The molecule has 6 nitrogen and oxygen atoms in total. The van der Waals surface area contributed by atoms with Crippen LogP contribution in [0.5, 0.6) is 0 Å². The van der Waals surface area contributed by atoms with Crippen LogP contribution >= 0.6 is 34.4 Å². The first-order chi connectivity index (χ1) is 9.45. The summed E-state index contributed by atoms with van der Waals surface area (Å²) in [6, 6.07) is 0. The number of nitrogens with one attached hydrogen (secondary N) is 1. The van der Waals surface area contributed by atoms with Gasteiger partial charge in [-0.05, 0) is 13.8 Å². The van der Waals surface area contributed by atoms with Gasteiger partial charge in [-0.3, -0.25) is 4.79 Å². The van der Waals surface area contributed by atoms with E-state index in [1.54, 1.807) is 6.92 Å². The fourth-order valence-corrected chi connectivity index (χ4v) is 3.86. The van der Waals surface area contributed by atoms with Gasteiger partial charge in [-0.2, -0.15) is 0 Å². The van der Waals surface area contributed by atoms with Gasteiger partial charge in [-0.15, -0.1) is 22.7 Å². The number of aryl methyl sites for hydroxylation is 2.